The number of ether oxygens (including phenoxy) is 3. The average Bonchev–Trinajstić information content (AvgIpc) is 3.09. The van der Waals surface area contributed by atoms with Crippen molar-refractivity contribution in [1.29, 1.82) is 0 Å². The van der Waals surface area contributed by atoms with Gasteiger partial charge < -0.3 is 14.2 Å². The highest BCUT2D eigenvalue weighted by Gasteiger charge is 2.17. The van der Waals surface area contributed by atoms with E-state index in [0.29, 0.717) is 28.0 Å². The van der Waals surface area contributed by atoms with Crippen LogP contribution in [0.15, 0.2) is 41.5 Å². The number of hydrogen-bond acceptors (Lipinski definition) is 5. The summed E-state index contributed by atoms with van der Waals surface area (Å²) in [6, 6.07) is 10.7. The maximum atomic E-state index is 12.2. The number of carbonyl (C=O) groups excluding carboxylic acids is 1. The number of hydrogen-bond donors (Lipinski definition) is 1. The van der Waals surface area contributed by atoms with Gasteiger partial charge in [-0.2, -0.15) is 5.10 Å². The van der Waals surface area contributed by atoms with Crippen molar-refractivity contribution in [3.05, 3.63) is 52.5 Å². The fourth-order valence-electron chi connectivity index (χ4n) is 2.41. The number of rotatable bonds is 5. The molecule has 1 aliphatic heterocycles. The number of nitrogens with zero attached hydrogens (tertiary/aromatic N) is 1. The van der Waals surface area contributed by atoms with Crippen molar-refractivity contribution >= 4 is 23.2 Å². The van der Waals surface area contributed by atoms with Crippen molar-refractivity contribution in [1.82, 2.24) is 5.43 Å². The lowest BCUT2D eigenvalue weighted by Gasteiger charge is -2.15. The molecule has 0 aliphatic carbocycles. The lowest BCUT2D eigenvalue weighted by molar-refractivity contribution is -0.127. The second-order valence-electron chi connectivity index (χ2n) is 5.91. The molecule has 7 heteroatoms. The van der Waals surface area contributed by atoms with Crippen molar-refractivity contribution in [2.24, 2.45) is 5.10 Å². The zero-order valence-corrected chi connectivity index (χ0v) is 15.5. The highest BCUT2D eigenvalue weighted by atomic mass is 35.5. The van der Waals surface area contributed by atoms with Crippen LogP contribution in [0.25, 0.3) is 0 Å². The monoisotopic (exact) mass is 374 g/mol. The molecule has 1 N–H and O–H groups in total. The Labute approximate surface area is 156 Å². The summed E-state index contributed by atoms with van der Waals surface area (Å²) < 4.78 is 16.3. The van der Waals surface area contributed by atoms with E-state index in [-0.39, 0.29) is 12.7 Å². The van der Waals surface area contributed by atoms with Crippen molar-refractivity contribution in [2.75, 3.05) is 6.79 Å². The van der Waals surface area contributed by atoms with Gasteiger partial charge in [-0.3, -0.25) is 4.79 Å². The number of carbonyl (C=O) groups is 1. The molecule has 0 saturated heterocycles. The lowest BCUT2D eigenvalue weighted by atomic mass is 10.1. The number of fused-ring (bicyclic) bond motifs is 1. The van der Waals surface area contributed by atoms with E-state index in [9.17, 15) is 4.79 Å². The van der Waals surface area contributed by atoms with Gasteiger partial charge in [0.05, 0.1) is 5.71 Å². The van der Waals surface area contributed by atoms with Crippen molar-refractivity contribution in [3.63, 3.8) is 0 Å². The van der Waals surface area contributed by atoms with E-state index < -0.39 is 6.10 Å². The first kappa shape index (κ1) is 18.1. The second-order valence-corrected chi connectivity index (χ2v) is 6.35. The van der Waals surface area contributed by atoms with Gasteiger partial charge in [0.2, 0.25) is 6.79 Å². The SMILES string of the molecule is CC(=NNC(=O)C(C)Oc1ccc(Cl)cc1C)c1ccc2c(c1)OCO2. The Hall–Kier alpha value is -2.73. The van der Waals surface area contributed by atoms with Crippen LogP contribution in [0.4, 0.5) is 0 Å². The standard InChI is InChI=1S/C19H19ClN2O4/c1-11-8-15(20)5-7-16(11)26-13(3)19(23)22-21-12(2)14-4-6-17-18(9-14)25-10-24-17/h4-9,13H,10H2,1-3H3,(H,22,23). The maximum Gasteiger partial charge on any atom is 0.280 e. The smallest absolute Gasteiger partial charge is 0.280 e. The molecule has 3 rings (SSSR count). The molecule has 0 radical (unpaired) electrons. The summed E-state index contributed by atoms with van der Waals surface area (Å²) in [5.41, 5.74) is 4.86. The zero-order chi connectivity index (χ0) is 18.7. The van der Waals surface area contributed by atoms with Gasteiger partial charge >= 0.3 is 0 Å². The van der Waals surface area contributed by atoms with Gasteiger partial charge in [0, 0.05) is 10.6 Å². The molecule has 2 aromatic rings. The fourth-order valence-corrected chi connectivity index (χ4v) is 2.63. The predicted octanol–water partition coefficient (Wildman–Crippen LogP) is 3.68. The molecule has 0 aromatic heterocycles. The van der Waals surface area contributed by atoms with Crippen LogP contribution in [0, 0.1) is 6.92 Å². The Morgan fingerprint density at radius 3 is 2.77 bits per heavy atom. The van der Waals surface area contributed by atoms with Crippen LogP contribution in [0.2, 0.25) is 5.02 Å². The zero-order valence-electron chi connectivity index (χ0n) is 14.7. The van der Waals surface area contributed by atoms with E-state index in [1.807, 2.05) is 25.1 Å². The molecule has 2 aromatic carbocycles. The molecule has 26 heavy (non-hydrogen) atoms. The minimum atomic E-state index is -0.705. The van der Waals surface area contributed by atoms with E-state index >= 15 is 0 Å². The number of halogens is 1. The van der Waals surface area contributed by atoms with Gasteiger partial charge in [-0.05, 0) is 62.7 Å². The second kappa shape index (κ2) is 7.66. The summed E-state index contributed by atoms with van der Waals surface area (Å²) in [7, 11) is 0. The van der Waals surface area contributed by atoms with E-state index in [0.717, 1.165) is 11.1 Å². The summed E-state index contributed by atoms with van der Waals surface area (Å²) in [4.78, 5) is 12.2. The van der Waals surface area contributed by atoms with E-state index in [4.69, 9.17) is 25.8 Å². The number of amides is 1. The third-order valence-corrected chi connectivity index (χ3v) is 4.17. The highest BCUT2D eigenvalue weighted by Crippen LogP contribution is 2.32. The molecule has 136 valence electrons. The Morgan fingerprint density at radius 2 is 2.00 bits per heavy atom. The molecule has 0 spiro atoms. The predicted molar refractivity (Wildman–Crippen MR) is 99.2 cm³/mol. The first-order valence-corrected chi connectivity index (χ1v) is 8.49. The molecule has 1 amide bonds. The van der Waals surface area contributed by atoms with E-state index in [2.05, 4.69) is 10.5 Å². The van der Waals surface area contributed by atoms with Crippen molar-refractivity contribution in [3.8, 4) is 17.2 Å². The van der Waals surface area contributed by atoms with Gasteiger partial charge in [0.25, 0.3) is 5.91 Å². The molecule has 0 bridgehead atoms. The van der Waals surface area contributed by atoms with Crippen LogP contribution in [-0.4, -0.2) is 24.5 Å². The molecule has 1 aliphatic rings. The first-order valence-electron chi connectivity index (χ1n) is 8.11. The molecule has 1 heterocycles. The maximum absolute atomic E-state index is 12.2. The number of benzene rings is 2. The van der Waals surface area contributed by atoms with Crippen LogP contribution in [0.1, 0.15) is 25.0 Å². The molecule has 0 saturated carbocycles. The van der Waals surface area contributed by atoms with Crippen LogP contribution < -0.4 is 19.6 Å². The Bertz CT molecular complexity index is 867. The topological polar surface area (TPSA) is 69.2 Å². The van der Waals surface area contributed by atoms with Crippen molar-refractivity contribution in [2.45, 2.75) is 26.9 Å². The largest absolute Gasteiger partial charge is 0.481 e. The van der Waals surface area contributed by atoms with Gasteiger partial charge in [-0.15, -0.1) is 0 Å². The van der Waals surface area contributed by atoms with Crippen LogP contribution >= 0.6 is 11.6 Å². The summed E-state index contributed by atoms with van der Waals surface area (Å²) >= 11 is 5.92. The van der Waals surface area contributed by atoms with Gasteiger partial charge in [0.1, 0.15) is 5.75 Å². The first-order chi connectivity index (χ1) is 12.4. The Kier molecular flexibility index (Phi) is 5.32. The minimum Gasteiger partial charge on any atom is -0.481 e. The highest BCUT2D eigenvalue weighted by molar-refractivity contribution is 6.30. The van der Waals surface area contributed by atoms with Gasteiger partial charge in [-0.1, -0.05) is 11.6 Å². The van der Waals surface area contributed by atoms with E-state index in [1.54, 1.807) is 32.0 Å². The summed E-state index contributed by atoms with van der Waals surface area (Å²) in [5.74, 6) is 1.62. The van der Waals surface area contributed by atoms with E-state index in [1.165, 1.54) is 0 Å². The molecular weight excluding hydrogens is 356 g/mol. The number of hydrazone groups is 1. The fraction of sp³-hybridized carbons (Fsp3) is 0.263. The quantitative estimate of drug-likeness (QED) is 0.640. The summed E-state index contributed by atoms with van der Waals surface area (Å²) in [6.45, 7) is 5.54. The molecule has 0 fully saturated rings. The van der Waals surface area contributed by atoms with Crippen LogP contribution in [0.5, 0.6) is 17.2 Å². The number of aryl methyl sites for hydroxylation is 1. The van der Waals surface area contributed by atoms with Gasteiger partial charge in [0.15, 0.2) is 17.6 Å². The molecule has 6 nitrogen and oxygen atoms in total. The van der Waals surface area contributed by atoms with Crippen LogP contribution in [-0.2, 0) is 4.79 Å². The van der Waals surface area contributed by atoms with Crippen LogP contribution in [0.3, 0.4) is 0 Å². The Morgan fingerprint density at radius 1 is 1.23 bits per heavy atom. The van der Waals surface area contributed by atoms with Crippen molar-refractivity contribution < 1.29 is 19.0 Å². The number of nitrogens with one attached hydrogen (secondary N) is 1. The summed E-state index contributed by atoms with van der Waals surface area (Å²) in [6.07, 6.45) is -0.705. The Balaban J connectivity index is 1.62. The normalized spacial score (nSPS) is 14.1. The molecule has 1 unspecified atom stereocenters. The molecule has 1 atom stereocenters. The molecular formula is C19H19ClN2O4. The third-order valence-electron chi connectivity index (χ3n) is 3.93. The van der Waals surface area contributed by atoms with Gasteiger partial charge in [-0.25, -0.2) is 5.43 Å². The lowest BCUT2D eigenvalue weighted by Crippen LogP contribution is -2.34. The third kappa shape index (κ3) is 4.08. The average molecular weight is 375 g/mol. The minimum absolute atomic E-state index is 0.213. The summed E-state index contributed by atoms with van der Waals surface area (Å²) in [5, 5.41) is 4.76.